The van der Waals surface area contributed by atoms with E-state index in [1.54, 1.807) is 12.1 Å². The molecule has 1 unspecified atom stereocenters. The highest BCUT2D eigenvalue weighted by molar-refractivity contribution is 7.80. The maximum absolute atomic E-state index is 11.9. The van der Waals surface area contributed by atoms with E-state index in [2.05, 4.69) is 10.6 Å². The van der Waals surface area contributed by atoms with Crippen LogP contribution in [0.15, 0.2) is 24.3 Å². The first-order chi connectivity index (χ1) is 7.58. The summed E-state index contributed by atoms with van der Waals surface area (Å²) in [6.45, 7) is 1.94. The zero-order valence-electron chi connectivity index (χ0n) is 8.71. The highest BCUT2D eigenvalue weighted by Crippen LogP contribution is 2.29. The van der Waals surface area contributed by atoms with E-state index in [0.29, 0.717) is 16.6 Å². The van der Waals surface area contributed by atoms with Crippen molar-refractivity contribution in [2.75, 3.05) is 0 Å². The molecule has 2 N–H and O–H groups in total. The van der Waals surface area contributed by atoms with Crippen LogP contribution >= 0.6 is 23.8 Å². The Labute approximate surface area is 104 Å². The Morgan fingerprint density at radius 2 is 2.00 bits per heavy atom. The standard InChI is InChI=1S/C11H11ClN2OS/c1-2-11(9(15)13-10(16)14-11)7-3-5-8(12)6-4-7/h3-6H,2H2,1H3,(H2,13,14,15,16). The number of hydrogen-bond donors (Lipinski definition) is 2. The average molecular weight is 255 g/mol. The Morgan fingerprint density at radius 3 is 2.44 bits per heavy atom. The Hall–Kier alpha value is -1.13. The Kier molecular flexibility index (Phi) is 2.86. The molecule has 1 heterocycles. The summed E-state index contributed by atoms with van der Waals surface area (Å²) >= 11 is 10.8. The lowest BCUT2D eigenvalue weighted by molar-refractivity contribution is -0.124. The van der Waals surface area contributed by atoms with E-state index in [0.717, 1.165) is 5.56 Å². The van der Waals surface area contributed by atoms with Gasteiger partial charge in [0.25, 0.3) is 5.91 Å². The summed E-state index contributed by atoms with van der Waals surface area (Å²) in [4.78, 5) is 11.9. The molecule has 1 aliphatic rings. The van der Waals surface area contributed by atoms with Crippen molar-refractivity contribution in [1.29, 1.82) is 0 Å². The summed E-state index contributed by atoms with van der Waals surface area (Å²) in [7, 11) is 0. The Balaban J connectivity index is 2.46. The van der Waals surface area contributed by atoms with E-state index in [1.165, 1.54) is 0 Å². The fourth-order valence-corrected chi connectivity index (χ4v) is 2.28. The minimum absolute atomic E-state index is 0.109. The van der Waals surface area contributed by atoms with Crippen LogP contribution in [0, 0.1) is 0 Å². The first-order valence-electron chi connectivity index (χ1n) is 4.98. The number of nitrogens with one attached hydrogen (secondary N) is 2. The Bertz CT molecular complexity index is 446. The number of carbonyl (C=O) groups excluding carboxylic acids is 1. The van der Waals surface area contributed by atoms with Gasteiger partial charge in [0.2, 0.25) is 0 Å². The molecule has 0 bridgehead atoms. The summed E-state index contributed by atoms with van der Waals surface area (Å²) in [5, 5.41) is 6.68. The summed E-state index contributed by atoms with van der Waals surface area (Å²) < 4.78 is 0. The molecule has 0 saturated carbocycles. The number of benzene rings is 1. The van der Waals surface area contributed by atoms with E-state index in [4.69, 9.17) is 23.8 Å². The van der Waals surface area contributed by atoms with Crippen LogP contribution < -0.4 is 10.6 Å². The monoisotopic (exact) mass is 254 g/mol. The third-order valence-electron chi connectivity index (χ3n) is 2.81. The van der Waals surface area contributed by atoms with Gasteiger partial charge in [-0.15, -0.1) is 0 Å². The lowest BCUT2D eigenvalue weighted by Gasteiger charge is -2.25. The molecule has 1 saturated heterocycles. The van der Waals surface area contributed by atoms with Gasteiger partial charge in [-0.1, -0.05) is 30.7 Å². The SMILES string of the molecule is CCC1(c2ccc(Cl)cc2)NC(=S)NC1=O. The lowest BCUT2D eigenvalue weighted by Crippen LogP contribution is -2.43. The molecule has 1 atom stereocenters. The van der Waals surface area contributed by atoms with Crippen molar-refractivity contribution < 1.29 is 4.79 Å². The first-order valence-corrected chi connectivity index (χ1v) is 5.77. The molecule has 2 rings (SSSR count). The summed E-state index contributed by atoms with van der Waals surface area (Å²) in [5.41, 5.74) is 0.124. The molecule has 0 aliphatic carbocycles. The topological polar surface area (TPSA) is 41.1 Å². The number of halogens is 1. The van der Waals surface area contributed by atoms with Gasteiger partial charge in [-0.3, -0.25) is 4.79 Å². The van der Waals surface area contributed by atoms with Gasteiger partial charge >= 0.3 is 0 Å². The van der Waals surface area contributed by atoms with Crippen molar-refractivity contribution in [3.63, 3.8) is 0 Å². The maximum atomic E-state index is 11.9. The zero-order chi connectivity index (χ0) is 11.8. The molecule has 84 valence electrons. The van der Waals surface area contributed by atoms with Crippen LogP contribution in [-0.2, 0) is 10.3 Å². The summed E-state index contributed by atoms with van der Waals surface area (Å²) in [6.07, 6.45) is 0.626. The largest absolute Gasteiger partial charge is 0.344 e. The first kappa shape index (κ1) is 11.4. The van der Waals surface area contributed by atoms with Gasteiger partial charge < -0.3 is 10.6 Å². The molecular formula is C11H11ClN2OS. The summed E-state index contributed by atoms with van der Waals surface area (Å²) in [5.74, 6) is -0.109. The third kappa shape index (κ3) is 1.68. The summed E-state index contributed by atoms with van der Waals surface area (Å²) in [6, 6.07) is 7.22. The fourth-order valence-electron chi connectivity index (χ4n) is 1.88. The van der Waals surface area contributed by atoms with Crippen molar-refractivity contribution >= 4 is 34.8 Å². The molecule has 1 aromatic rings. The molecule has 0 spiro atoms. The smallest absolute Gasteiger partial charge is 0.256 e. The van der Waals surface area contributed by atoms with Crippen molar-refractivity contribution in [1.82, 2.24) is 10.6 Å². The lowest BCUT2D eigenvalue weighted by atomic mass is 9.87. The van der Waals surface area contributed by atoms with Crippen molar-refractivity contribution in [2.45, 2.75) is 18.9 Å². The molecule has 1 fully saturated rings. The highest BCUT2D eigenvalue weighted by atomic mass is 35.5. The average Bonchev–Trinajstić information content (AvgIpc) is 2.55. The fraction of sp³-hybridized carbons (Fsp3) is 0.273. The van der Waals surface area contributed by atoms with Crippen LogP contribution in [0.4, 0.5) is 0 Å². The van der Waals surface area contributed by atoms with E-state index >= 15 is 0 Å². The molecule has 1 amide bonds. The maximum Gasteiger partial charge on any atom is 0.256 e. The van der Waals surface area contributed by atoms with Gasteiger partial charge in [-0.05, 0) is 36.3 Å². The molecule has 16 heavy (non-hydrogen) atoms. The van der Waals surface area contributed by atoms with E-state index in [1.807, 2.05) is 19.1 Å². The molecular weight excluding hydrogens is 244 g/mol. The van der Waals surface area contributed by atoms with Gasteiger partial charge in [0.05, 0.1) is 0 Å². The number of thiocarbonyl (C=S) groups is 1. The van der Waals surface area contributed by atoms with Gasteiger partial charge in [0.15, 0.2) is 5.11 Å². The number of hydrogen-bond acceptors (Lipinski definition) is 2. The predicted octanol–water partition coefficient (Wildman–Crippen LogP) is 1.95. The van der Waals surface area contributed by atoms with E-state index < -0.39 is 5.54 Å². The van der Waals surface area contributed by atoms with Crippen LogP contribution in [0.5, 0.6) is 0 Å². The highest BCUT2D eigenvalue weighted by Gasteiger charge is 2.44. The van der Waals surface area contributed by atoms with Gasteiger partial charge in [-0.2, -0.15) is 0 Å². The van der Waals surface area contributed by atoms with Crippen molar-refractivity contribution in [3.8, 4) is 0 Å². The van der Waals surface area contributed by atoms with Crippen molar-refractivity contribution in [2.24, 2.45) is 0 Å². The van der Waals surface area contributed by atoms with Crippen LogP contribution in [0.3, 0.4) is 0 Å². The normalized spacial score (nSPS) is 24.1. The van der Waals surface area contributed by atoms with Crippen LogP contribution in [0.25, 0.3) is 0 Å². The molecule has 1 aliphatic heterocycles. The Morgan fingerprint density at radius 1 is 1.38 bits per heavy atom. The van der Waals surface area contributed by atoms with Crippen molar-refractivity contribution in [3.05, 3.63) is 34.9 Å². The van der Waals surface area contributed by atoms with Gasteiger partial charge in [0.1, 0.15) is 5.54 Å². The molecule has 0 aromatic heterocycles. The van der Waals surface area contributed by atoms with E-state index in [-0.39, 0.29) is 5.91 Å². The second-order valence-corrected chi connectivity index (χ2v) is 4.52. The number of rotatable bonds is 2. The quantitative estimate of drug-likeness (QED) is 0.793. The second-order valence-electron chi connectivity index (χ2n) is 3.67. The zero-order valence-corrected chi connectivity index (χ0v) is 10.3. The predicted molar refractivity (Wildman–Crippen MR) is 67.3 cm³/mol. The van der Waals surface area contributed by atoms with Crippen LogP contribution in [0.2, 0.25) is 5.02 Å². The molecule has 1 aromatic carbocycles. The molecule has 0 radical (unpaired) electrons. The minimum atomic E-state index is -0.748. The molecule has 5 heteroatoms. The molecule has 3 nitrogen and oxygen atoms in total. The third-order valence-corrected chi connectivity index (χ3v) is 3.27. The minimum Gasteiger partial charge on any atom is -0.344 e. The number of amides is 1. The number of carbonyl (C=O) groups is 1. The van der Waals surface area contributed by atoms with E-state index in [9.17, 15) is 4.79 Å². The van der Waals surface area contributed by atoms with Gasteiger partial charge in [0, 0.05) is 5.02 Å². The van der Waals surface area contributed by atoms with Crippen LogP contribution in [-0.4, -0.2) is 11.0 Å². The second kappa shape index (κ2) is 4.03. The van der Waals surface area contributed by atoms with Gasteiger partial charge in [-0.25, -0.2) is 0 Å². The van der Waals surface area contributed by atoms with Crippen LogP contribution in [0.1, 0.15) is 18.9 Å².